The topological polar surface area (TPSA) is 64.7 Å². The van der Waals surface area contributed by atoms with Crippen molar-refractivity contribution < 1.29 is 14.6 Å². The van der Waals surface area contributed by atoms with Crippen molar-refractivity contribution in [3.63, 3.8) is 0 Å². The Bertz CT molecular complexity index is 364. The molecule has 0 saturated carbocycles. The molecule has 0 radical (unpaired) electrons. The molecule has 1 atom stereocenters. The molecule has 96 valence electrons. The maximum absolute atomic E-state index is 10.1. The van der Waals surface area contributed by atoms with Crippen LogP contribution in [0, 0.1) is 0 Å². The first kappa shape index (κ1) is 13.8. The van der Waals surface area contributed by atoms with E-state index in [1.807, 2.05) is 6.92 Å². The van der Waals surface area contributed by atoms with E-state index in [4.69, 9.17) is 15.2 Å². The number of benzene rings is 1. The Labute approximate surface area is 102 Å². The van der Waals surface area contributed by atoms with Crippen molar-refractivity contribution in [2.45, 2.75) is 25.9 Å². The van der Waals surface area contributed by atoms with Gasteiger partial charge < -0.3 is 20.3 Å². The van der Waals surface area contributed by atoms with Gasteiger partial charge in [0.2, 0.25) is 0 Å². The minimum atomic E-state index is -1.05. The predicted molar refractivity (Wildman–Crippen MR) is 67.4 cm³/mol. The lowest BCUT2D eigenvalue weighted by Crippen LogP contribution is -2.31. The second kappa shape index (κ2) is 5.89. The first-order valence-corrected chi connectivity index (χ1v) is 5.79. The average Bonchev–Trinajstić information content (AvgIpc) is 2.35. The first-order valence-electron chi connectivity index (χ1n) is 5.79. The predicted octanol–water partition coefficient (Wildman–Crippen LogP) is 1.65. The molecule has 0 saturated heterocycles. The highest BCUT2D eigenvalue weighted by molar-refractivity contribution is 5.44. The van der Waals surface area contributed by atoms with E-state index in [1.165, 1.54) is 0 Å². The minimum Gasteiger partial charge on any atom is -0.493 e. The number of ether oxygens (including phenoxy) is 2. The van der Waals surface area contributed by atoms with Gasteiger partial charge in [-0.05, 0) is 31.0 Å². The lowest BCUT2D eigenvalue weighted by atomic mass is 9.96. The highest BCUT2D eigenvalue weighted by Gasteiger charge is 2.22. The maximum atomic E-state index is 10.1. The fraction of sp³-hybridized carbons (Fsp3) is 0.538. The van der Waals surface area contributed by atoms with Gasteiger partial charge in [0.1, 0.15) is 0 Å². The van der Waals surface area contributed by atoms with Crippen LogP contribution in [-0.4, -0.2) is 25.4 Å². The van der Waals surface area contributed by atoms with Crippen molar-refractivity contribution in [3.05, 3.63) is 23.8 Å². The summed E-state index contributed by atoms with van der Waals surface area (Å²) in [7, 11) is 1.59. The van der Waals surface area contributed by atoms with E-state index >= 15 is 0 Å². The van der Waals surface area contributed by atoms with Crippen molar-refractivity contribution in [1.29, 1.82) is 0 Å². The van der Waals surface area contributed by atoms with Crippen molar-refractivity contribution >= 4 is 0 Å². The smallest absolute Gasteiger partial charge is 0.161 e. The van der Waals surface area contributed by atoms with Crippen LogP contribution in [0.1, 0.15) is 25.8 Å². The number of aliphatic hydroxyl groups is 1. The van der Waals surface area contributed by atoms with Gasteiger partial charge in [-0.25, -0.2) is 0 Å². The van der Waals surface area contributed by atoms with E-state index in [0.717, 1.165) is 12.0 Å². The van der Waals surface area contributed by atoms with Gasteiger partial charge in [-0.15, -0.1) is 0 Å². The van der Waals surface area contributed by atoms with Crippen molar-refractivity contribution in [2.24, 2.45) is 5.73 Å². The van der Waals surface area contributed by atoms with Crippen molar-refractivity contribution in [1.82, 2.24) is 0 Å². The summed E-state index contributed by atoms with van der Waals surface area (Å²) in [5.41, 5.74) is 5.22. The van der Waals surface area contributed by atoms with Crippen LogP contribution in [0.25, 0.3) is 0 Å². The third-order valence-electron chi connectivity index (χ3n) is 2.64. The molecule has 1 aromatic carbocycles. The van der Waals surface area contributed by atoms with Gasteiger partial charge in [0.25, 0.3) is 0 Å². The summed E-state index contributed by atoms with van der Waals surface area (Å²) < 4.78 is 10.8. The fourth-order valence-electron chi connectivity index (χ4n) is 1.45. The Hall–Kier alpha value is -1.26. The summed E-state index contributed by atoms with van der Waals surface area (Å²) in [5, 5.41) is 10.1. The van der Waals surface area contributed by atoms with Gasteiger partial charge in [0.15, 0.2) is 11.5 Å². The van der Waals surface area contributed by atoms with Gasteiger partial charge in [-0.3, -0.25) is 0 Å². The fourth-order valence-corrected chi connectivity index (χ4v) is 1.45. The molecular formula is C13H21NO3. The van der Waals surface area contributed by atoms with Crippen LogP contribution in [0.15, 0.2) is 18.2 Å². The monoisotopic (exact) mass is 239 g/mol. The summed E-state index contributed by atoms with van der Waals surface area (Å²) in [6.45, 7) is 4.49. The summed E-state index contributed by atoms with van der Waals surface area (Å²) in [6.07, 6.45) is 0.917. The third kappa shape index (κ3) is 3.35. The molecule has 1 rings (SSSR count). The lowest BCUT2D eigenvalue weighted by Gasteiger charge is -2.23. The standard InChI is InChI=1S/C13H21NO3/c1-4-7-17-12-8-10(13(2,15)9-14)5-6-11(12)16-3/h5-6,8,15H,4,7,9,14H2,1-3H3. The normalized spacial score (nSPS) is 14.2. The third-order valence-corrected chi connectivity index (χ3v) is 2.64. The first-order chi connectivity index (χ1) is 8.05. The molecule has 1 aromatic rings. The summed E-state index contributed by atoms with van der Waals surface area (Å²) in [4.78, 5) is 0. The molecule has 17 heavy (non-hydrogen) atoms. The van der Waals surface area contributed by atoms with E-state index in [2.05, 4.69) is 0 Å². The molecule has 1 unspecified atom stereocenters. The van der Waals surface area contributed by atoms with Gasteiger partial charge >= 0.3 is 0 Å². The zero-order valence-corrected chi connectivity index (χ0v) is 10.7. The van der Waals surface area contributed by atoms with Crippen LogP contribution < -0.4 is 15.2 Å². The molecule has 0 spiro atoms. The number of rotatable bonds is 6. The van der Waals surface area contributed by atoms with E-state index < -0.39 is 5.60 Å². The Kier molecular flexibility index (Phi) is 4.78. The summed E-state index contributed by atoms with van der Waals surface area (Å²) in [5.74, 6) is 1.30. The van der Waals surface area contributed by atoms with E-state index in [-0.39, 0.29) is 6.54 Å². The zero-order chi connectivity index (χ0) is 12.9. The highest BCUT2D eigenvalue weighted by atomic mass is 16.5. The number of hydrogen-bond donors (Lipinski definition) is 2. The molecule has 0 aliphatic rings. The number of methoxy groups -OCH3 is 1. The van der Waals surface area contributed by atoms with Crippen molar-refractivity contribution in [2.75, 3.05) is 20.3 Å². The Balaban J connectivity index is 3.04. The van der Waals surface area contributed by atoms with Crippen LogP contribution in [0.2, 0.25) is 0 Å². The quantitative estimate of drug-likeness (QED) is 0.792. The van der Waals surface area contributed by atoms with E-state index in [9.17, 15) is 5.11 Å². The molecule has 4 heteroatoms. The molecule has 0 aromatic heterocycles. The lowest BCUT2D eigenvalue weighted by molar-refractivity contribution is 0.0664. The molecule has 0 aliphatic heterocycles. The largest absolute Gasteiger partial charge is 0.493 e. The Morgan fingerprint density at radius 2 is 2.06 bits per heavy atom. The summed E-state index contributed by atoms with van der Waals surface area (Å²) >= 11 is 0. The van der Waals surface area contributed by atoms with Crippen LogP contribution >= 0.6 is 0 Å². The Morgan fingerprint density at radius 3 is 2.59 bits per heavy atom. The van der Waals surface area contributed by atoms with E-state index in [0.29, 0.717) is 18.1 Å². The van der Waals surface area contributed by atoms with Gasteiger partial charge in [0, 0.05) is 6.54 Å². The summed E-state index contributed by atoms with van der Waals surface area (Å²) in [6, 6.07) is 5.36. The van der Waals surface area contributed by atoms with Crippen LogP contribution in [0.5, 0.6) is 11.5 Å². The van der Waals surface area contributed by atoms with Crippen LogP contribution in [0.3, 0.4) is 0 Å². The molecule has 0 aliphatic carbocycles. The van der Waals surface area contributed by atoms with Gasteiger partial charge in [0.05, 0.1) is 19.3 Å². The van der Waals surface area contributed by atoms with Gasteiger partial charge in [-0.1, -0.05) is 13.0 Å². The maximum Gasteiger partial charge on any atom is 0.161 e. The molecule has 0 heterocycles. The number of nitrogens with two attached hydrogens (primary N) is 1. The zero-order valence-electron chi connectivity index (χ0n) is 10.7. The second-order valence-corrected chi connectivity index (χ2v) is 4.19. The SMILES string of the molecule is CCCOc1cc(C(C)(O)CN)ccc1OC. The van der Waals surface area contributed by atoms with Crippen LogP contribution in [0.4, 0.5) is 0 Å². The molecule has 3 N–H and O–H groups in total. The Morgan fingerprint density at radius 1 is 1.35 bits per heavy atom. The minimum absolute atomic E-state index is 0.159. The van der Waals surface area contributed by atoms with Crippen molar-refractivity contribution in [3.8, 4) is 11.5 Å². The van der Waals surface area contributed by atoms with Crippen LogP contribution in [-0.2, 0) is 5.60 Å². The molecule has 0 fully saturated rings. The van der Waals surface area contributed by atoms with Gasteiger partial charge in [-0.2, -0.15) is 0 Å². The highest BCUT2D eigenvalue weighted by Crippen LogP contribution is 2.32. The molecule has 0 amide bonds. The second-order valence-electron chi connectivity index (χ2n) is 4.19. The van der Waals surface area contributed by atoms with E-state index in [1.54, 1.807) is 32.2 Å². The molecule has 0 bridgehead atoms. The molecule has 4 nitrogen and oxygen atoms in total. The average molecular weight is 239 g/mol. The number of hydrogen-bond acceptors (Lipinski definition) is 4. The molecular weight excluding hydrogens is 218 g/mol.